The Bertz CT molecular complexity index is 406. The molecule has 2 rings (SSSR count). The molecule has 1 fully saturated rings. The van der Waals surface area contributed by atoms with Gasteiger partial charge in [-0.3, -0.25) is 0 Å². The third-order valence-corrected chi connectivity index (χ3v) is 5.75. The molecule has 1 aliphatic rings. The molecule has 1 aromatic rings. The highest BCUT2D eigenvalue weighted by atomic mass is 32.2. The van der Waals surface area contributed by atoms with E-state index < -0.39 is 0 Å². The smallest absolute Gasteiger partial charge is 0.119 e. The van der Waals surface area contributed by atoms with Gasteiger partial charge in [-0.1, -0.05) is 31.9 Å². The molecule has 1 aromatic carbocycles. The first-order valence-corrected chi connectivity index (χ1v) is 9.29. The van der Waals surface area contributed by atoms with Crippen LogP contribution in [0.1, 0.15) is 51.1 Å². The summed E-state index contributed by atoms with van der Waals surface area (Å²) in [6.45, 7) is 5.14. The van der Waals surface area contributed by atoms with E-state index in [1.165, 1.54) is 31.2 Å². The molecule has 3 unspecified atom stereocenters. The number of rotatable bonds is 7. The van der Waals surface area contributed by atoms with Crippen LogP contribution in [0, 0.1) is 5.92 Å². The third-order valence-electron chi connectivity index (χ3n) is 4.33. The van der Waals surface area contributed by atoms with Gasteiger partial charge in [0.15, 0.2) is 0 Å². The van der Waals surface area contributed by atoms with Gasteiger partial charge >= 0.3 is 0 Å². The van der Waals surface area contributed by atoms with E-state index in [2.05, 4.69) is 55.3 Å². The molecular weight excluding hydrogens is 278 g/mol. The Kier molecular flexibility index (Phi) is 6.91. The van der Waals surface area contributed by atoms with E-state index in [0.717, 1.165) is 29.3 Å². The summed E-state index contributed by atoms with van der Waals surface area (Å²) in [5.74, 6) is 3.03. The van der Waals surface area contributed by atoms with Crippen molar-refractivity contribution in [3.63, 3.8) is 0 Å². The van der Waals surface area contributed by atoms with Crippen LogP contribution in [-0.4, -0.2) is 24.7 Å². The van der Waals surface area contributed by atoms with Gasteiger partial charge in [0.05, 0.1) is 6.61 Å². The Morgan fingerprint density at radius 3 is 2.67 bits per heavy atom. The lowest BCUT2D eigenvalue weighted by molar-refractivity contribution is 0.340. The van der Waals surface area contributed by atoms with Gasteiger partial charge in [0.2, 0.25) is 0 Å². The van der Waals surface area contributed by atoms with Crippen LogP contribution in [0.3, 0.4) is 0 Å². The molecule has 0 amide bonds. The SMILES string of the molecule is CCOc1ccc(C(CSC2CCCC(C)C2)NC)cc1. The van der Waals surface area contributed by atoms with Gasteiger partial charge in [-0.25, -0.2) is 0 Å². The monoisotopic (exact) mass is 307 g/mol. The number of hydrogen-bond donors (Lipinski definition) is 1. The highest BCUT2D eigenvalue weighted by Crippen LogP contribution is 2.34. The maximum absolute atomic E-state index is 5.52. The molecule has 21 heavy (non-hydrogen) atoms. The Hall–Kier alpha value is -0.670. The Labute approximate surface area is 134 Å². The summed E-state index contributed by atoms with van der Waals surface area (Å²) >= 11 is 2.15. The molecule has 0 radical (unpaired) electrons. The zero-order valence-electron chi connectivity index (χ0n) is 13.6. The summed E-state index contributed by atoms with van der Waals surface area (Å²) < 4.78 is 5.52. The second-order valence-corrected chi connectivity index (χ2v) is 7.40. The quantitative estimate of drug-likeness (QED) is 0.792. The molecule has 0 aliphatic heterocycles. The minimum absolute atomic E-state index is 0.433. The van der Waals surface area contributed by atoms with Gasteiger partial charge in [-0.15, -0.1) is 0 Å². The molecule has 0 heterocycles. The van der Waals surface area contributed by atoms with E-state index in [9.17, 15) is 0 Å². The van der Waals surface area contributed by atoms with E-state index in [0.29, 0.717) is 6.04 Å². The fourth-order valence-corrected chi connectivity index (χ4v) is 4.69. The fraction of sp³-hybridized carbons (Fsp3) is 0.667. The largest absolute Gasteiger partial charge is 0.494 e. The maximum atomic E-state index is 5.52. The van der Waals surface area contributed by atoms with Crippen molar-refractivity contribution in [3.05, 3.63) is 29.8 Å². The van der Waals surface area contributed by atoms with Gasteiger partial charge in [0.1, 0.15) is 5.75 Å². The molecule has 0 saturated heterocycles. The summed E-state index contributed by atoms with van der Waals surface area (Å²) in [6.07, 6.45) is 5.62. The zero-order valence-corrected chi connectivity index (χ0v) is 14.4. The summed E-state index contributed by atoms with van der Waals surface area (Å²) in [5.41, 5.74) is 1.36. The van der Waals surface area contributed by atoms with E-state index in [4.69, 9.17) is 4.74 Å². The molecule has 0 spiro atoms. The van der Waals surface area contributed by atoms with Crippen LogP contribution in [0.15, 0.2) is 24.3 Å². The minimum Gasteiger partial charge on any atom is -0.494 e. The minimum atomic E-state index is 0.433. The summed E-state index contributed by atoms with van der Waals surface area (Å²) in [5, 5.41) is 4.31. The first-order chi connectivity index (χ1) is 10.2. The standard InChI is InChI=1S/C18H29NOS/c1-4-20-16-10-8-15(9-11-16)18(19-3)13-21-17-7-5-6-14(2)12-17/h8-11,14,17-19H,4-7,12-13H2,1-3H3. The molecule has 3 atom stereocenters. The van der Waals surface area contributed by atoms with Crippen LogP contribution in [0.4, 0.5) is 0 Å². The van der Waals surface area contributed by atoms with E-state index in [1.54, 1.807) is 0 Å². The Morgan fingerprint density at radius 1 is 1.29 bits per heavy atom. The molecule has 1 aliphatic carbocycles. The first-order valence-electron chi connectivity index (χ1n) is 8.24. The van der Waals surface area contributed by atoms with Crippen molar-refractivity contribution in [2.24, 2.45) is 5.92 Å². The van der Waals surface area contributed by atoms with Crippen molar-refractivity contribution in [2.45, 2.75) is 50.8 Å². The Morgan fingerprint density at radius 2 is 2.05 bits per heavy atom. The fourth-order valence-electron chi connectivity index (χ4n) is 3.07. The van der Waals surface area contributed by atoms with E-state index in [-0.39, 0.29) is 0 Å². The zero-order chi connectivity index (χ0) is 15.1. The van der Waals surface area contributed by atoms with Gasteiger partial charge in [-0.05, 0) is 50.4 Å². The van der Waals surface area contributed by atoms with Crippen LogP contribution >= 0.6 is 11.8 Å². The van der Waals surface area contributed by atoms with Crippen molar-refractivity contribution in [2.75, 3.05) is 19.4 Å². The van der Waals surface area contributed by atoms with Crippen molar-refractivity contribution in [3.8, 4) is 5.75 Å². The molecular formula is C18H29NOS. The van der Waals surface area contributed by atoms with Crippen LogP contribution < -0.4 is 10.1 Å². The predicted molar refractivity (Wildman–Crippen MR) is 93.3 cm³/mol. The number of hydrogen-bond acceptors (Lipinski definition) is 3. The molecule has 1 N–H and O–H groups in total. The van der Waals surface area contributed by atoms with Crippen LogP contribution in [0.5, 0.6) is 5.75 Å². The first kappa shape index (κ1) is 16.7. The van der Waals surface area contributed by atoms with E-state index in [1.807, 2.05) is 6.92 Å². The van der Waals surface area contributed by atoms with Crippen LogP contribution in [-0.2, 0) is 0 Å². The average Bonchev–Trinajstić information content (AvgIpc) is 2.50. The molecule has 2 nitrogen and oxygen atoms in total. The lowest BCUT2D eigenvalue weighted by Crippen LogP contribution is -2.22. The van der Waals surface area contributed by atoms with Crippen molar-refractivity contribution < 1.29 is 4.74 Å². The summed E-state index contributed by atoms with van der Waals surface area (Å²) in [6, 6.07) is 8.97. The molecule has 0 aromatic heterocycles. The van der Waals surface area contributed by atoms with Crippen LogP contribution in [0.25, 0.3) is 0 Å². The van der Waals surface area contributed by atoms with Crippen molar-refractivity contribution in [1.82, 2.24) is 5.32 Å². The topological polar surface area (TPSA) is 21.3 Å². The number of benzene rings is 1. The highest BCUT2D eigenvalue weighted by molar-refractivity contribution is 7.99. The Balaban J connectivity index is 1.86. The van der Waals surface area contributed by atoms with Crippen molar-refractivity contribution in [1.29, 1.82) is 0 Å². The second-order valence-electron chi connectivity index (χ2n) is 6.07. The van der Waals surface area contributed by atoms with E-state index >= 15 is 0 Å². The molecule has 3 heteroatoms. The molecule has 1 saturated carbocycles. The number of thioether (sulfide) groups is 1. The molecule has 118 valence electrons. The van der Waals surface area contributed by atoms with Crippen LogP contribution in [0.2, 0.25) is 0 Å². The third kappa shape index (κ3) is 5.23. The normalized spacial score (nSPS) is 23.8. The van der Waals surface area contributed by atoms with Gasteiger partial charge in [-0.2, -0.15) is 11.8 Å². The maximum Gasteiger partial charge on any atom is 0.119 e. The van der Waals surface area contributed by atoms with Gasteiger partial charge in [0, 0.05) is 17.0 Å². The lowest BCUT2D eigenvalue weighted by Gasteiger charge is -2.28. The molecule has 0 bridgehead atoms. The van der Waals surface area contributed by atoms with Gasteiger partial charge in [0.25, 0.3) is 0 Å². The summed E-state index contributed by atoms with van der Waals surface area (Å²) in [7, 11) is 2.06. The van der Waals surface area contributed by atoms with Crippen molar-refractivity contribution >= 4 is 11.8 Å². The second kappa shape index (κ2) is 8.70. The number of nitrogens with one attached hydrogen (secondary N) is 1. The average molecular weight is 308 g/mol. The predicted octanol–water partition coefficient (Wildman–Crippen LogP) is 4.66. The summed E-state index contributed by atoms with van der Waals surface area (Å²) in [4.78, 5) is 0. The highest BCUT2D eigenvalue weighted by Gasteiger charge is 2.20. The number of ether oxygens (including phenoxy) is 1. The van der Waals surface area contributed by atoms with Gasteiger partial charge < -0.3 is 10.1 Å². The lowest BCUT2D eigenvalue weighted by atomic mass is 9.91.